The number of methoxy groups -OCH3 is 1. The van der Waals surface area contributed by atoms with Crippen LogP contribution in [0.5, 0.6) is 5.75 Å². The van der Waals surface area contributed by atoms with Crippen LogP contribution >= 0.6 is 0 Å². The van der Waals surface area contributed by atoms with Crippen LogP contribution in [0.1, 0.15) is 22.7 Å². The number of hydrogen-bond donors (Lipinski definition) is 0. The molecule has 0 aliphatic carbocycles. The Balaban J connectivity index is 1.58. The molecule has 0 spiro atoms. The lowest BCUT2D eigenvalue weighted by Crippen LogP contribution is -2.41. The topological polar surface area (TPSA) is 47.4 Å². The van der Waals surface area contributed by atoms with Gasteiger partial charge in [0.1, 0.15) is 5.75 Å². The van der Waals surface area contributed by atoms with Crippen molar-refractivity contribution in [3.05, 3.63) is 83.7 Å². The Morgan fingerprint density at radius 2 is 2.08 bits per heavy atom. The second kappa shape index (κ2) is 7.04. The number of fused-ring (bicyclic) bond motifs is 1. The Kier molecular flexibility index (Phi) is 4.44. The average Bonchev–Trinajstić information content (AvgIpc) is 3.22. The van der Waals surface area contributed by atoms with Crippen molar-refractivity contribution < 1.29 is 9.53 Å². The SMILES string of the molecule is COc1cccc(CC(=O)N2Cc3ccccc3C(n3cccn3)C2)c1. The number of aromatic nitrogens is 2. The summed E-state index contributed by atoms with van der Waals surface area (Å²) in [5.74, 6) is 0.888. The third-order valence-corrected chi connectivity index (χ3v) is 4.86. The fourth-order valence-corrected chi connectivity index (χ4v) is 3.53. The first kappa shape index (κ1) is 16.4. The number of hydrogen-bond acceptors (Lipinski definition) is 3. The second-order valence-corrected chi connectivity index (χ2v) is 6.50. The standard InChI is InChI=1S/C21H21N3O2/c1-26-18-8-4-6-16(12-18)13-21(25)23-14-17-7-2-3-9-19(17)20(15-23)24-11-5-10-22-24/h2-12,20H,13-15H2,1H3. The van der Waals surface area contributed by atoms with Crippen molar-refractivity contribution in [3.8, 4) is 5.75 Å². The average molecular weight is 347 g/mol. The third kappa shape index (κ3) is 3.20. The minimum atomic E-state index is 0.0456. The summed E-state index contributed by atoms with van der Waals surface area (Å²) in [5, 5.41) is 4.40. The molecule has 3 aromatic rings. The van der Waals surface area contributed by atoms with Gasteiger partial charge in [0.2, 0.25) is 5.91 Å². The number of rotatable bonds is 4. The minimum absolute atomic E-state index is 0.0456. The molecule has 4 rings (SSSR count). The van der Waals surface area contributed by atoms with Crippen LogP contribution in [0.25, 0.3) is 0 Å². The fourth-order valence-electron chi connectivity index (χ4n) is 3.53. The van der Waals surface area contributed by atoms with Crippen molar-refractivity contribution in [1.29, 1.82) is 0 Å². The maximum absolute atomic E-state index is 12.9. The molecule has 0 saturated carbocycles. The lowest BCUT2D eigenvalue weighted by atomic mass is 9.95. The predicted molar refractivity (Wildman–Crippen MR) is 98.9 cm³/mol. The summed E-state index contributed by atoms with van der Waals surface area (Å²) in [4.78, 5) is 14.9. The molecule has 0 N–H and O–H groups in total. The van der Waals surface area contributed by atoms with Gasteiger partial charge in [0.15, 0.2) is 0 Å². The number of nitrogens with zero attached hydrogens (tertiary/aromatic N) is 3. The highest BCUT2D eigenvalue weighted by atomic mass is 16.5. The summed E-state index contributed by atoms with van der Waals surface area (Å²) in [6.45, 7) is 1.26. The Labute approximate surface area is 152 Å². The highest BCUT2D eigenvalue weighted by Crippen LogP contribution is 2.29. The van der Waals surface area contributed by atoms with Crippen molar-refractivity contribution >= 4 is 5.91 Å². The van der Waals surface area contributed by atoms with Crippen LogP contribution in [0.15, 0.2) is 67.0 Å². The van der Waals surface area contributed by atoms with E-state index in [0.717, 1.165) is 11.3 Å². The lowest BCUT2D eigenvalue weighted by molar-refractivity contribution is -0.131. The second-order valence-electron chi connectivity index (χ2n) is 6.50. The zero-order valence-electron chi connectivity index (χ0n) is 14.7. The largest absolute Gasteiger partial charge is 0.497 e. The van der Waals surface area contributed by atoms with Gasteiger partial charge in [0.25, 0.3) is 0 Å². The van der Waals surface area contributed by atoms with E-state index >= 15 is 0 Å². The van der Waals surface area contributed by atoms with Crippen LogP contribution in [0.2, 0.25) is 0 Å². The predicted octanol–water partition coefficient (Wildman–Crippen LogP) is 3.07. The van der Waals surface area contributed by atoms with Crippen molar-refractivity contribution in [2.45, 2.75) is 19.0 Å². The van der Waals surface area contributed by atoms with Gasteiger partial charge in [0, 0.05) is 25.5 Å². The van der Waals surface area contributed by atoms with Crippen molar-refractivity contribution in [1.82, 2.24) is 14.7 Å². The fraction of sp³-hybridized carbons (Fsp3) is 0.238. The number of amides is 1. The Bertz CT molecular complexity index is 905. The molecule has 1 unspecified atom stereocenters. The van der Waals surface area contributed by atoms with Crippen molar-refractivity contribution in [2.24, 2.45) is 0 Å². The van der Waals surface area contributed by atoms with E-state index < -0.39 is 0 Å². The highest BCUT2D eigenvalue weighted by molar-refractivity contribution is 5.79. The zero-order chi connectivity index (χ0) is 17.9. The van der Waals surface area contributed by atoms with Crippen LogP contribution in [-0.2, 0) is 17.8 Å². The molecule has 0 bridgehead atoms. The molecular formula is C21H21N3O2. The molecule has 1 atom stereocenters. The summed E-state index contributed by atoms with van der Waals surface area (Å²) >= 11 is 0. The van der Waals surface area contributed by atoms with Crippen molar-refractivity contribution in [3.63, 3.8) is 0 Å². The molecule has 5 heteroatoms. The maximum Gasteiger partial charge on any atom is 0.227 e. The van der Waals surface area contributed by atoms with E-state index in [0.29, 0.717) is 19.5 Å². The van der Waals surface area contributed by atoms with Gasteiger partial charge < -0.3 is 9.64 Å². The number of ether oxygens (including phenoxy) is 1. The zero-order valence-corrected chi connectivity index (χ0v) is 14.7. The van der Waals surface area contributed by atoms with Gasteiger partial charge in [-0.1, -0.05) is 36.4 Å². The normalized spacial score (nSPS) is 16.2. The summed E-state index contributed by atoms with van der Waals surface area (Å²) in [6.07, 6.45) is 4.10. The van der Waals surface area contributed by atoms with Gasteiger partial charge in [-0.3, -0.25) is 9.48 Å². The smallest absolute Gasteiger partial charge is 0.227 e. The molecule has 0 radical (unpaired) electrons. The van der Waals surface area contributed by atoms with Crippen molar-refractivity contribution in [2.75, 3.05) is 13.7 Å². The molecule has 1 aliphatic rings. The van der Waals surface area contributed by atoms with Crippen LogP contribution in [0, 0.1) is 0 Å². The summed E-state index contributed by atoms with van der Waals surface area (Å²) in [6, 6.07) is 17.9. The molecular weight excluding hydrogens is 326 g/mol. The van der Waals surface area contributed by atoms with E-state index in [1.165, 1.54) is 11.1 Å². The molecule has 2 aromatic carbocycles. The molecule has 1 amide bonds. The molecule has 5 nitrogen and oxygen atoms in total. The lowest BCUT2D eigenvalue weighted by Gasteiger charge is -2.35. The number of benzene rings is 2. The Morgan fingerprint density at radius 3 is 2.88 bits per heavy atom. The van der Waals surface area contributed by atoms with Gasteiger partial charge in [-0.2, -0.15) is 5.10 Å². The summed E-state index contributed by atoms with van der Waals surface area (Å²) in [7, 11) is 1.64. The molecule has 2 heterocycles. The van der Waals surface area contributed by atoms with E-state index in [1.54, 1.807) is 13.3 Å². The number of carbonyl (C=O) groups excluding carboxylic acids is 1. The van der Waals surface area contributed by atoms with Crippen LogP contribution in [-0.4, -0.2) is 34.2 Å². The first-order chi connectivity index (χ1) is 12.7. The Hall–Kier alpha value is -3.08. The highest BCUT2D eigenvalue weighted by Gasteiger charge is 2.29. The van der Waals surface area contributed by atoms with Gasteiger partial charge in [-0.25, -0.2) is 0 Å². The van der Waals surface area contributed by atoms with Gasteiger partial charge in [0.05, 0.1) is 19.6 Å². The summed E-state index contributed by atoms with van der Waals surface area (Å²) in [5.41, 5.74) is 3.38. The minimum Gasteiger partial charge on any atom is -0.497 e. The van der Waals surface area contributed by atoms with E-state index in [2.05, 4.69) is 17.2 Å². The molecule has 0 fully saturated rings. The van der Waals surface area contributed by atoms with E-state index in [9.17, 15) is 4.79 Å². The van der Waals surface area contributed by atoms with Crippen LogP contribution in [0.3, 0.4) is 0 Å². The van der Waals surface area contributed by atoms with Gasteiger partial charge in [-0.15, -0.1) is 0 Å². The summed E-state index contributed by atoms with van der Waals surface area (Å²) < 4.78 is 7.19. The maximum atomic E-state index is 12.9. The molecule has 132 valence electrons. The van der Waals surface area contributed by atoms with Crippen LogP contribution in [0.4, 0.5) is 0 Å². The van der Waals surface area contributed by atoms with E-state index in [-0.39, 0.29) is 11.9 Å². The van der Waals surface area contributed by atoms with Gasteiger partial charge >= 0.3 is 0 Å². The molecule has 1 aromatic heterocycles. The number of carbonyl (C=O) groups is 1. The third-order valence-electron chi connectivity index (χ3n) is 4.86. The van der Waals surface area contributed by atoms with E-state index in [1.807, 2.05) is 58.2 Å². The van der Waals surface area contributed by atoms with Gasteiger partial charge in [-0.05, 0) is 34.9 Å². The van der Waals surface area contributed by atoms with E-state index in [4.69, 9.17) is 4.74 Å². The monoisotopic (exact) mass is 347 g/mol. The quantitative estimate of drug-likeness (QED) is 0.729. The molecule has 1 aliphatic heterocycles. The molecule has 0 saturated heterocycles. The molecule has 26 heavy (non-hydrogen) atoms. The first-order valence-electron chi connectivity index (χ1n) is 8.72. The van der Waals surface area contributed by atoms with Crippen LogP contribution < -0.4 is 4.74 Å². The first-order valence-corrected chi connectivity index (χ1v) is 8.72. The Morgan fingerprint density at radius 1 is 1.19 bits per heavy atom.